The molecule has 0 spiro atoms. The van der Waals surface area contributed by atoms with Crippen LogP contribution in [0.25, 0.3) is 12.2 Å². The summed E-state index contributed by atoms with van der Waals surface area (Å²) in [6.45, 7) is 0. The van der Waals surface area contributed by atoms with Gasteiger partial charge >= 0.3 is 12.1 Å². The molecule has 0 atom stereocenters. The van der Waals surface area contributed by atoms with Gasteiger partial charge in [0.15, 0.2) is 0 Å². The van der Waals surface area contributed by atoms with E-state index in [9.17, 15) is 9.59 Å². The molecule has 0 aromatic heterocycles. The molecule has 0 bridgehead atoms. The Morgan fingerprint density at radius 2 is 1.32 bits per heavy atom. The Kier molecular flexibility index (Phi) is 3.49. The minimum atomic E-state index is -0.831. The van der Waals surface area contributed by atoms with E-state index < -0.39 is 12.1 Å². The number of carbonyl (C=O) groups excluding carboxylic acids is 2. The standard InChI is InChI=1S/C16H14N4O2/c17-15(21)18-19-16(22)20-13-7-3-1-5-11(13)9-10-12-6-2-4-8-14(12)20/h1-10H,(H,19,22)(H3,17,18,21). The van der Waals surface area contributed by atoms with Crippen LogP contribution in [0.2, 0.25) is 0 Å². The number of hydrogen-bond donors (Lipinski definition) is 3. The van der Waals surface area contributed by atoms with Crippen molar-refractivity contribution in [1.29, 1.82) is 0 Å². The third kappa shape index (κ3) is 2.49. The topological polar surface area (TPSA) is 87.5 Å². The molecule has 1 heterocycles. The first-order valence-electron chi connectivity index (χ1n) is 6.68. The van der Waals surface area contributed by atoms with E-state index in [-0.39, 0.29) is 0 Å². The number of carbonyl (C=O) groups is 2. The summed E-state index contributed by atoms with van der Waals surface area (Å²) in [5.41, 5.74) is 12.6. The van der Waals surface area contributed by atoms with Gasteiger partial charge in [-0.2, -0.15) is 0 Å². The van der Waals surface area contributed by atoms with Crippen LogP contribution >= 0.6 is 0 Å². The number of nitrogens with two attached hydrogens (primary N) is 1. The summed E-state index contributed by atoms with van der Waals surface area (Å²) in [5.74, 6) is 0. The molecule has 1 aliphatic heterocycles. The van der Waals surface area contributed by atoms with Crippen LogP contribution in [-0.2, 0) is 0 Å². The van der Waals surface area contributed by atoms with E-state index in [1.54, 1.807) is 0 Å². The monoisotopic (exact) mass is 294 g/mol. The molecule has 0 fully saturated rings. The van der Waals surface area contributed by atoms with E-state index in [1.807, 2.05) is 60.7 Å². The van der Waals surface area contributed by atoms with Gasteiger partial charge in [-0.25, -0.2) is 20.4 Å². The number of rotatable bonds is 0. The normalized spacial score (nSPS) is 11.9. The van der Waals surface area contributed by atoms with Crippen LogP contribution in [-0.4, -0.2) is 12.1 Å². The van der Waals surface area contributed by atoms with Crippen LogP contribution in [0.3, 0.4) is 0 Å². The lowest BCUT2D eigenvalue weighted by atomic mass is 10.1. The molecule has 110 valence electrons. The van der Waals surface area contributed by atoms with Gasteiger partial charge in [0.1, 0.15) is 0 Å². The summed E-state index contributed by atoms with van der Waals surface area (Å²) >= 11 is 0. The van der Waals surface area contributed by atoms with Gasteiger partial charge in [0, 0.05) is 0 Å². The lowest BCUT2D eigenvalue weighted by molar-refractivity contribution is 0.233. The van der Waals surface area contributed by atoms with Gasteiger partial charge in [0.25, 0.3) is 0 Å². The van der Waals surface area contributed by atoms with Crippen molar-refractivity contribution in [2.45, 2.75) is 0 Å². The molecular formula is C16H14N4O2. The number of primary amides is 1. The number of hydrogen-bond acceptors (Lipinski definition) is 2. The van der Waals surface area contributed by atoms with Gasteiger partial charge in [-0.05, 0) is 23.3 Å². The molecule has 0 aliphatic carbocycles. The average molecular weight is 294 g/mol. The Morgan fingerprint density at radius 3 is 1.82 bits per heavy atom. The highest BCUT2D eigenvalue weighted by Crippen LogP contribution is 2.35. The smallest absolute Gasteiger partial charge is 0.345 e. The maximum atomic E-state index is 12.5. The zero-order chi connectivity index (χ0) is 15.5. The molecule has 6 nitrogen and oxygen atoms in total. The second kappa shape index (κ2) is 5.61. The molecule has 0 saturated heterocycles. The SMILES string of the molecule is NC(=O)NNC(=O)N1c2ccccc2C=Cc2ccccc21. The Hall–Kier alpha value is -3.28. The van der Waals surface area contributed by atoms with Gasteiger partial charge in [-0.3, -0.25) is 4.90 Å². The number of nitrogens with zero attached hydrogens (tertiary/aromatic N) is 1. The second-order valence-electron chi connectivity index (χ2n) is 4.71. The Bertz CT molecular complexity index is 721. The summed E-state index contributed by atoms with van der Waals surface area (Å²) in [6.07, 6.45) is 3.89. The zero-order valence-electron chi connectivity index (χ0n) is 11.6. The maximum absolute atomic E-state index is 12.5. The van der Waals surface area contributed by atoms with Gasteiger partial charge < -0.3 is 5.73 Å². The van der Waals surface area contributed by atoms with Crippen molar-refractivity contribution >= 4 is 35.6 Å². The first-order valence-corrected chi connectivity index (χ1v) is 6.68. The number of nitrogens with one attached hydrogen (secondary N) is 2. The maximum Gasteiger partial charge on any atom is 0.345 e. The predicted molar refractivity (Wildman–Crippen MR) is 85.2 cm³/mol. The first kappa shape index (κ1) is 13.7. The summed E-state index contributed by atoms with van der Waals surface area (Å²) in [4.78, 5) is 24.8. The van der Waals surface area contributed by atoms with Gasteiger partial charge in [0.2, 0.25) is 0 Å². The van der Waals surface area contributed by atoms with Crippen molar-refractivity contribution in [3.8, 4) is 0 Å². The van der Waals surface area contributed by atoms with Crippen molar-refractivity contribution in [2.24, 2.45) is 5.73 Å². The third-order valence-electron chi connectivity index (χ3n) is 3.29. The number of anilines is 2. The number of para-hydroxylation sites is 2. The first-order chi connectivity index (χ1) is 10.7. The summed E-state index contributed by atoms with van der Waals surface area (Å²) < 4.78 is 0. The van der Waals surface area contributed by atoms with Crippen molar-refractivity contribution in [2.75, 3.05) is 4.90 Å². The number of hydrazine groups is 1. The molecule has 1 aliphatic rings. The van der Waals surface area contributed by atoms with Gasteiger partial charge in [-0.1, -0.05) is 48.6 Å². The molecular weight excluding hydrogens is 280 g/mol. The minimum absolute atomic E-state index is 0.498. The number of amides is 4. The molecule has 22 heavy (non-hydrogen) atoms. The van der Waals surface area contributed by atoms with E-state index in [2.05, 4.69) is 10.9 Å². The Balaban J connectivity index is 2.09. The van der Waals surface area contributed by atoms with Crippen LogP contribution in [0.5, 0.6) is 0 Å². The average Bonchev–Trinajstić information content (AvgIpc) is 2.69. The molecule has 2 aromatic carbocycles. The van der Waals surface area contributed by atoms with E-state index in [0.29, 0.717) is 11.4 Å². The van der Waals surface area contributed by atoms with E-state index in [4.69, 9.17) is 5.73 Å². The molecule has 4 N–H and O–H groups in total. The molecule has 4 amide bonds. The van der Waals surface area contributed by atoms with Gasteiger partial charge in [0.05, 0.1) is 11.4 Å². The molecule has 0 unspecified atom stereocenters. The quantitative estimate of drug-likeness (QED) is 0.652. The summed E-state index contributed by atoms with van der Waals surface area (Å²) in [7, 11) is 0. The third-order valence-corrected chi connectivity index (χ3v) is 3.29. The van der Waals surface area contributed by atoms with E-state index in [1.165, 1.54) is 4.90 Å². The summed E-state index contributed by atoms with van der Waals surface area (Å²) in [5, 5.41) is 0. The highest BCUT2D eigenvalue weighted by Gasteiger charge is 2.23. The predicted octanol–water partition coefficient (Wildman–Crippen LogP) is 2.60. The largest absolute Gasteiger partial charge is 0.350 e. The number of benzene rings is 2. The Morgan fingerprint density at radius 1 is 0.818 bits per heavy atom. The lowest BCUT2D eigenvalue weighted by Gasteiger charge is -2.24. The van der Waals surface area contributed by atoms with Crippen molar-refractivity contribution in [1.82, 2.24) is 10.9 Å². The number of fused-ring (bicyclic) bond motifs is 2. The minimum Gasteiger partial charge on any atom is -0.350 e. The molecule has 3 rings (SSSR count). The van der Waals surface area contributed by atoms with Crippen LogP contribution < -0.4 is 21.5 Å². The zero-order valence-corrected chi connectivity index (χ0v) is 11.6. The fourth-order valence-electron chi connectivity index (χ4n) is 2.36. The van der Waals surface area contributed by atoms with Crippen LogP contribution in [0, 0.1) is 0 Å². The molecule has 2 aromatic rings. The molecule has 6 heteroatoms. The molecule has 0 radical (unpaired) electrons. The summed E-state index contributed by atoms with van der Waals surface area (Å²) in [6, 6.07) is 13.7. The van der Waals surface area contributed by atoms with E-state index >= 15 is 0 Å². The van der Waals surface area contributed by atoms with Crippen LogP contribution in [0.4, 0.5) is 21.0 Å². The molecule has 0 saturated carbocycles. The van der Waals surface area contributed by atoms with Crippen molar-refractivity contribution < 1.29 is 9.59 Å². The van der Waals surface area contributed by atoms with Crippen molar-refractivity contribution in [3.63, 3.8) is 0 Å². The van der Waals surface area contributed by atoms with Gasteiger partial charge in [-0.15, -0.1) is 0 Å². The Labute approximate surface area is 127 Å². The second-order valence-corrected chi connectivity index (χ2v) is 4.71. The van der Waals surface area contributed by atoms with Crippen molar-refractivity contribution in [3.05, 3.63) is 59.7 Å². The fourth-order valence-corrected chi connectivity index (χ4v) is 2.36. The highest BCUT2D eigenvalue weighted by molar-refractivity contribution is 6.05. The van der Waals surface area contributed by atoms with Crippen LogP contribution in [0.1, 0.15) is 11.1 Å². The number of urea groups is 2. The fraction of sp³-hybridized carbons (Fsp3) is 0. The van der Waals surface area contributed by atoms with E-state index in [0.717, 1.165) is 11.1 Å². The highest BCUT2D eigenvalue weighted by atomic mass is 16.2. The van der Waals surface area contributed by atoms with Crippen LogP contribution in [0.15, 0.2) is 48.5 Å². The lowest BCUT2D eigenvalue weighted by Crippen LogP contribution is -2.49.